The summed E-state index contributed by atoms with van der Waals surface area (Å²) >= 11 is 4.19. The zero-order valence-corrected chi connectivity index (χ0v) is 30.2. The first-order valence-corrected chi connectivity index (χ1v) is 20.5. The second kappa shape index (κ2) is 11.8. The molecule has 0 amide bonds. The average Bonchev–Trinajstić information content (AvgIpc) is 3.85. The van der Waals surface area contributed by atoms with Crippen LogP contribution in [-0.2, 0) is 5.41 Å². The van der Waals surface area contributed by atoms with Crippen LogP contribution in [0.5, 0.6) is 0 Å². The molecule has 4 aliphatic carbocycles. The fourth-order valence-electron chi connectivity index (χ4n) is 10.2. The summed E-state index contributed by atoms with van der Waals surface area (Å²) in [5.41, 5.74) is 11.0. The maximum Gasteiger partial charge on any atom is 0.0543 e. The van der Waals surface area contributed by atoms with E-state index in [1.807, 2.05) is 0 Å². The summed E-state index contributed by atoms with van der Waals surface area (Å²) in [6.07, 6.45) is 32.8. The Kier molecular flexibility index (Phi) is 7.02. The van der Waals surface area contributed by atoms with Crippen LogP contribution in [0, 0.1) is 11.8 Å². The molecule has 3 aromatic carbocycles. The molecule has 1 spiro atoms. The van der Waals surface area contributed by atoms with Crippen molar-refractivity contribution in [3.8, 4) is 0 Å². The molecule has 51 heavy (non-hydrogen) atoms. The SMILES string of the molecule is C1=CC2SC3=C(C=CC(c4ccc[nH]4)C3)C3(c4ccccc4SC4C=C(c5ccc6c7ccccc7n(C7=CCCCC7)c6c5)C=CC43)C2C=C1. The quantitative estimate of drug-likeness (QED) is 0.203. The van der Waals surface area contributed by atoms with Gasteiger partial charge in [-0.1, -0.05) is 109 Å². The lowest BCUT2D eigenvalue weighted by atomic mass is 9.54. The molecule has 5 aromatic rings. The maximum absolute atomic E-state index is 3.52. The highest BCUT2D eigenvalue weighted by Crippen LogP contribution is 2.66. The summed E-state index contributed by atoms with van der Waals surface area (Å²) < 4.78 is 2.57. The maximum atomic E-state index is 3.52. The Bertz CT molecular complexity index is 2450. The van der Waals surface area contributed by atoms with Gasteiger partial charge in [0.1, 0.15) is 0 Å². The van der Waals surface area contributed by atoms with Gasteiger partial charge in [-0.3, -0.25) is 0 Å². The zero-order chi connectivity index (χ0) is 33.5. The van der Waals surface area contributed by atoms with E-state index in [1.54, 1.807) is 10.5 Å². The van der Waals surface area contributed by atoms with Crippen molar-refractivity contribution in [2.24, 2.45) is 11.8 Å². The predicted molar refractivity (Wildman–Crippen MR) is 218 cm³/mol. The molecule has 4 heteroatoms. The van der Waals surface area contributed by atoms with Gasteiger partial charge in [-0.05, 0) is 89.6 Å². The Balaban J connectivity index is 1.06. The highest BCUT2D eigenvalue weighted by atomic mass is 32.2. The number of nitrogens with zero attached hydrogens (tertiary/aromatic N) is 1. The van der Waals surface area contributed by atoms with Crippen LogP contribution in [0.15, 0.2) is 161 Å². The zero-order valence-electron chi connectivity index (χ0n) is 28.5. The number of H-pyrrole nitrogens is 1. The third kappa shape index (κ3) is 4.52. The molecule has 1 N–H and O–H groups in total. The number of aromatic amines is 1. The minimum atomic E-state index is -0.140. The summed E-state index contributed by atoms with van der Waals surface area (Å²) in [7, 11) is 0. The van der Waals surface area contributed by atoms with Crippen molar-refractivity contribution in [3.05, 3.63) is 173 Å². The van der Waals surface area contributed by atoms with Gasteiger partial charge in [0.2, 0.25) is 0 Å². The highest BCUT2D eigenvalue weighted by molar-refractivity contribution is 8.04. The molecule has 4 heterocycles. The van der Waals surface area contributed by atoms with E-state index in [-0.39, 0.29) is 5.41 Å². The van der Waals surface area contributed by atoms with E-state index in [2.05, 4.69) is 179 Å². The van der Waals surface area contributed by atoms with E-state index in [1.165, 1.54) is 74.1 Å². The van der Waals surface area contributed by atoms with E-state index >= 15 is 0 Å². The summed E-state index contributed by atoms with van der Waals surface area (Å²) in [4.78, 5) is 6.52. The number of nitrogens with one attached hydrogen (secondary N) is 1. The predicted octanol–water partition coefficient (Wildman–Crippen LogP) is 12.4. The van der Waals surface area contributed by atoms with E-state index in [9.17, 15) is 0 Å². The number of para-hydroxylation sites is 1. The molecule has 6 aliphatic rings. The molecule has 2 nitrogen and oxygen atoms in total. The monoisotopic (exact) mass is 696 g/mol. The smallest absolute Gasteiger partial charge is 0.0543 e. The van der Waals surface area contributed by atoms with Crippen molar-refractivity contribution in [2.75, 3.05) is 0 Å². The van der Waals surface area contributed by atoms with Gasteiger partial charge in [0.25, 0.3) is 0 Å². The molecular formula is C47H40N2S2. The largest absolute Gasteiger partial charge is 0.364 e. The highest BCUT2D eigenvalue weighted by Gasteiger charge is 2.58. The summed E-state index contributed by atoms with van der Waals surface area (Å²) in [6, 6.07) is 29.9. The van der Waals surface area contributed by atoms with Crippen LogP contribution in [0.25, 0.3) is 33.1 Å². The Morgan fingerprint density at radius 3 is 2.55 bits per heavy atom. The lowest BCUT2D eigenvalue weighted by Gasteiger charge is -2.57. The number of rotatable bonds is 3. The van der Waals surface area contributed by atoms with E-state index < -0.39 is 0 Å². The van der Waals surface area contributed by atoms with Crippen molar-refractivity contribution < 1.29 is 0 Å². The number of hydrogen-bond acceptors (Lipinski definition) is 2. The molecule has 250 valence electrons. The fourth-order valence-corrected chi connectivity index (χ4v) is 13.3. The Hall–Kier alpha value is -4.38. The third-order valence-electron chi connectivity index (χ3n) is 12.4. The van der Waals surface area contributed by atoms with E-state index in [0.29, 0.717) is 28.3 Å². The molecule has 0 saturated carbocycles. The Morgan fingerprint density at radius 1 is 0.745 bits per heavy atom. The number of fused-ring (bicyclic) bond motifs is 10. The number of allylic oxidation sites excluding steroid dienone is 12. The van der Waals surface area contributed by atoms with Gasteiger partial charge >= 0.3 is 0 Å². The van der Waals surface area contributed by atoms with Gasteiger partial charge in [-0.25, -0.2) is 0 Å². The first-order chi connectivity index (χ1) is 25.3. The van der Waals surface area contributed by atoms with Crippen molar-refractivity contribution in [2.45, 2.75) is 58.8 Å². The second-order valence-corrected chi connectivity index (χ2v) is 17.5. The first-order valence-electron chi connectivity index (χ1n) is 18.7. The minimum Gasteiger partial charge on any atom is -0.364 e. The van der Waals surface area contributed by atoms with Gasteiger partial charge in [0, 0.05) is 66.9 Å². The molecule has 0 saturated heterocycles. The van der Waals surface area contributed by atoms with Crippen molar-refractivity contribution >= 4 is 56.6 Å². The molecule has 11 rings (SSSR count). The number of thioether (sulfide) groups is 2. The van der Waals surface area contributed by atoms with Crippen LogP contribution in [-0.4, -0.2) is 20.1 Å². The van der Waals surface area contributed by atoms with Gasteiger partial charge in [-0.15, -0.1) is 23.5 Å². The normalized spacial score (nSPS) is 29.1. The summed E-state index contributed by atoms with van der Waals surface area (Å²) in [6.45, 7) is 0. The Morgan fingerprint density at radius 2 is 1.63 bits per heavy atom. The molecule has 0 radical (unpaired) electrons. The molecule has 6 unspecified atom stereocenters. The number of hydrogen-bond donors (Lipinski definition) is 1. The molecular weight excluding hydrogens is 657 g/mol. The van der Waals surface area contributed by atoms with Crippen molar-refractivity contribution in [1.82, 2.24) is 9.55 Å². The van der Waals surface area contributed by atoms with Gasteiger partial charge in [0.15, 0.2) is 0 Å². The fraction of sp³-hybridized carbons (Fsp3) is 0.234. The first kappa shape index (κ1) is 30.3. The lowest BCUT2D eigenvalue weighted by molar-refractivity contribution is 0.281. The van der Waals surface area contributed by atoms with Crippen LogP contribution >= 0.6 is 23.5 Å². The Labute approximate surface area is 308 Å². The van der Waals surface area contributed by atoms with Crippen molar-refractivity contribution in [3.63, 3.8) is 0 Å². The third-order valence-corrected chi connectivity index (χ3v) is 15.1. The summed E-state index contributed by atoms with van der Waals surface area (Å²) in [5.74, 6) is 1.10. The molecule has 6 atom stereocenters. The standard InChI is InChI=1S/C47H40N2S2/c1-2-11-33(12-3-1)49-41-17-7-4-13-34(41)35-23-20-30(27-42(35)49)31-21-24-38-45(28-31)50-43-18-8-5-14-36(43)47(38)37-15-6-9-19-44(37)51-46-29-32(22-25-39(46)47)40-16-10-26-48-40/h4-11,13-28,32,37-38,44-45,48H,1-3,12,29H2. The number of benzene rings is 3. The van der Waals surface area contributed by atoms with Gasteiger partial charge in [-0.2, -0.15) is 0 Å². The van der Waals surface area contributed by atoms with Crippen LogP contribution in [0.4, 0.5) is 0 Å². The molecule has 0 fully saturated rings. The number of aromatic nitrogens is 2. The average molecular weight is 697 g/mol. The van der Waals surface area contributed by atoms with Crippen molar-refractivity contribution in [1.29, 1.82) is 0 Å². The topological polar surface area (TPSA) is 20.7 Å². The second-order valence-electron chi connectivity index (χ2n) is 15.0. The van der Waals surface area contributed by atoms with Crippen LogP contribution < -0.4 is 0 Å². The van der Waals surface area contributed by atoms with E-state index in [4.69, 9.17) is 0 Å². The van der Waals surface area contributed by atoms with Crippen LogP contribution in [0.2, 0.25) is 0 Å². The lowest BCUT2D eigenvalue weighted by Crippen LogP contribution is -2.54. The molecule has 0 bridgehead atoms. The summed E-state index contributed by atoms with van der Waals surface area (Å²) in [5, 5.41) is 3.44. The minimum absolute atomic E-state index is 0.140. The van der Waals surface area contributed by atoms with Gasteiger partial charge in [0.05, 0.1) is 11.0 Å². The van der Waals surface area contributed by atoms with Crippen LogP contribution in [0.1, 0.15) is 54.8 Å². The molecule has 2 aliphatic heterocycles. The van der Waals surface area contributed by atoms with E-state index in [0.717, 1.165) is 12.8 Å². The van der Waals surface area contributed by atoms with Gasteiger partial charge < -0.3 is 9.55 Å². The molecule has 2 aromatic heterocycles. The van der Waals surface area contributed by atoms with Crippen LogP contribution in [0.3, 0.4) is 0 Å².